The first-order chi connectivity index (χ1) is 11.5. The molecule has 0 spiro atoms. The Kier molecular flexibility index (Phi) is 4.42. The second-order valence-electron chi connectivity index (χ2n) is 5.82. The fraction of sp³-hybridized carbons (Fsp3) is 0.158. The van der Waals surface area contributed by atoms with Gasteiger partial charge in [-0.3, -0.25) is 4.79 Å². The van der Waals surface area contributed by atoms with Crippen molar-refractivity contribution in [2.24, 2.45) is 5.92 Å². The van der Waals surface area contributed by atoms with Crippen molar-refractivity contribution < 1.29 is 9.18 Å². The van der Waals surface area contributed by atoms with Crippen LogP contribution in [0.2, 0.25) is 0 Å². The maximum absolute atomic E-state index is 13.6. The van der Waals surface area contributed by atoms with Crippen molar-refractivity contribution >= 4 is 11.7 Å². The number of halogens is 1. The third kappa shape index (κ3) is 3.35. The fourth-order valence-electron chi connectivity index (χ4n) is 2.30. The molecule has 0 saturated heterocycles. The van der Waals surface area contributed by atoms with Crippen molar-refractivity contribution in [2.75, 3.05) is 5.32 Å². The SMILES string of the molecule is CC(C)C(=O)Nc1cc(-c2ccccc2)nn1-c1cccc(F)c1. The Morgan fingerprint density at radius 1 is 1.08 bits per heavy atom. The zero-order valence-electron chi connectivity index (χ0n) is 13.5. The zero-order valence-corrected chi connectivity index (χ0v) is 13.5. The van der Waals surface area contributed by atoms with E-state index in [1.54, 1.807) is 22.9 Å². The summed E-state index contributed by atoms with van der Waals surface area (Å²) in [6.07, 6.45) is 0. The molecule has 1 amide bonds. The van der Waals surface area contributed by atoms with Crippen LogP contribution in [0.3, 0.4) is 0 Å². The third-order valence-corrected chi connectivity index (χ3v) is 3.61. The largest absolute Gasteiger partial charge is 0.310 e. The van der Waals surface area contributed by atoms with Crippen LogP contribution in [0.25, 0.3) is 16.9 Å². The number of benzene rings is 2. The molecule has 0 aliphatic heterocycles. The summed E-state index contributed by atoms with van der Waals surface area (Å²) in [7, 11) is 0. The van der Waals surface area contributed by atoms with Crippen LogP contribution in [0.15, 0.2) is 60.7 Å². The first-order valence-electron chi connectivity index (χ1n) is 7.77. The van der Waals surface area contributed by atoms with E-state index >= 15 is 0 Å². The Morgan fingerprint density at radius 2 is 1.83 bits per heavy atom. The number of aromatic nitrogens is 2. The van der Waals surface area contributed by atoms with Gasteiger partial charge in [-0.05, 0) is 18.2 Å². The summed E-state index contributed by atoms with van der Waals surface area (Å²) in [4.78, 5) is 12.1. The van der Waals surface area contributed by atoms with Crippen LogP contribution in [0, 0.1) is 11.7 Å². The molecule has 0 atom stereocenters. The summed E-state index contributed by atoms with van der Waals surface area (Å²) < 4.78 is 15.1. The van der Waals surface area contributed by atoms with Crippen LogP contribution in [-0.2, 0) is 4.79 Å². The highest BCUT2D eigenvalue weighted by molar-refractivity contribution is 5.92. The van der Waals surface area contributed by atoms with Crippen molar-refractivity contribution in [3.8, 4) is 16.9 Å². The van der Waals surface area contributed by atoms with Crippen LogP contribution >= 0.6 is 0 Å². The highest BCUT2D eigenvalue weighted by Crippen LogP contribution is 2.25. The van der Waals surface area contributed by atoms with Crippen LogP contribution < -0.4 is 5.32 Å². The van der Waals surface area contributed by atoms with Gasteiger partial charge in [-0.1, -0.05) is 50.2 Å². The Hall–Kier alpha value is -2.95. The summed E-state index contributed by atoms with van der Waals surface area (Å²) in [6, 6.07) is 17.5. The van der Waals surface area contributed by atoms with Gasteiger partial charge in [-0.2, -0.15) is 5.10 Å². The topological polar surface area (TPSA) is 46.9 Å². The Morgan fingerprint density at radius 3 is 2.50 bits per heavy atom. The molecule has 3 aromatic rings. The number of rotatable bonds is 4. The lowest BCUT2D eigenvalue weighted by molar-refractivity contribution is -0.118. The standard InChI is InChI=1S/C19H18FN3O/c1-13(2)19(24)21-18-12-17(14-7-4-3-5-8-14)22-23(18)16-10-6-9-15(20)11-16/h3-13H,1-2H3,(H,21,24). The minimum Gasteiger partial charge on any atom is -0.310 e. The van der Waals surface area contributed by atoms with E-state index in [0.29, 0.717) is 17.2 Å². The molecule has 0 aliphatic carbocycles. The molecule has 24 heavy (non-hydrogen) atoms. The number of anilines is 1. The Balaban J connectivity index is 2.08. The van der Waals surface area contributed by atoms with Gasteiger partial charge in [0.2, 0.25) is 5.91 Å². The molecule has 5 heteroatoms. The van der Waals surface area contributed by atoms with E-state index in [2.05, 4.69) is 10.4 Å². The summed E-state index contributed by atoms with van der Waals surface area (Å²) >= 11 is 0. The highest BCUT2D eigenvalue weighted by atomic mass is 19.1. The number of nitrogens with one attached hydrogen (secondary N) is 1. The molecule has 0 saturated carbocycles. The molecule has 0 aliphatic rings. The van der Waals surface area contributed by atoms with Crippen molar-refractivity contribution in [3.05, 3.63) is 66.5 Å². The van der Waals surface area contributed by atoms with Gasteiger partial charge in [-0.15, -0.1) is 0 Å². The van der Waals surface area contributed by atoms with Crippen LogP contribution in [0.1, 0.15) is 13.8 Å². The van der Waals surface area contributed by atoms with Gasteiger partial charge < -0.3 is 5.32 Å². The van der Waals surface area contributed by atoms with Crippen LogP contribution in [0.4, 0.5) is 10.2 Å². The van der Waals surface area contributed by atoms with E-state index in [9.17, 15) is 9.18 Å². The summed E-state index contributed by atoms with van der Waals surface area (Å²) in [5.74, 6) is -0.128. The normalized spacial score (nSPS) is 10.8. The quantitative estimate of drug-likeness (QED) is 0.779. The highest BCUT2D eigenvalue weighted by Gasteiger charge is 2.15. The summed E-state index contributed by atoms with van der Waals surface area (Å²) in [5.41, 5.74) is 2.18. The number of hydrogen-bond donors (Lipinski definition) is 1. The molecule has 2 aromatic carbocycles. The van der Waals surface area contributed by atoms with Crippen molar-refractivity contribution in [2.45, 2.75) is 13.8 Å². The second kappa shape index (κ2) is 6.66. The summed E-state index contributed by atoms with van der Waals surface area (Å²) in [6.45, 7) is 3.63. The first kappa shape index (κ1) is 15.9. The van der Waals surface area contributed by atoms with Gasteiger partial charge in [0.25, 0.3) is 0 Å². The van der Waals surface area contributed by atoms with Gasteiger partial charge >= 0.3 is 0 Å². The molecule has 0 radical (unpaired) electrons. The lowest BCUT2D eigenvalue weighted by Gasteiger charge is -2.10. The van der Waals surface area contributed by atoms with Gasteiger partial charge in [-0.25, -0.2) is 9.07 Å². The van der Waals surface area contributed by atoms with Crippen LogP contribution in [-0.4, -0.2) is 15.7 Å². The maximum Gasteiger partial charge on any atom is 0.228 e. The first-order valence-corrected chi connectivity index (χ1v) is 7.77. The molecule has 1 N–H and O–H groups in total. The van der Waals surface area contributed by atoms with E-state index in [1.165, 1.54) is 12.1 Å². The fourth-order valence-corrected chi connectivity index (χ4v) is 2.30. The maximum atomic E-state index is 13.6. The van der Waals surface area contributed by atoms with Gasteiger partial charge in [0.1, 0.15) is 11.6 Å². The van der Waals surface area contributed by atoms with Gasteiger partial charge in [0.15, 0.2) is 0 Å². The Bertz CT molecular complexity index is 856. The molecular weight excluding hydrogens is 305 g/mol. The lowest BCUT2D eigenvalue weighted by atomic mass is 10.1. The van der Waals surface area contributed by atoms with E-state index in [-0.39, 0.29) is 17.6 Å². The average molecular weight is 323 g/mol. The van der Waals surface area contributed by atoms with E-state index in [0.717, 1.165) is 5.56 Å². The molecule has 0 bridgehead atoms. The molecule has 1 heterocycles. The predicted molar refractivity (Wildman–Crippen MR) is 92.4 cm³/mol. The molecule has 0 unspecified atom stereocenters. The minimum atomic E-state index is -0.356. The van der Waals surface area contributed by atoms with Gasteiger partial charge in [0.05, 0.1) is 11.4 Å². The Labute approximate surface area is 139 Å². The minimum absolute atomic E-state index is 0.118. The molecular formula is C19H18FN3O. The van der Waals surface area contributed by atoms with Crippen molar-refractivity contribution in [1.29, 1.82) is 0 Å². The van der Waals surface area contributed by atoms with E-state index < -0.39 is 0 Å². The molecule has 0 fully saturated rings. The molecule has 4 nitrogen and oxygen atoms in total. The lowest BCUT2D eigenvalue weighted by Crippen LogP contribution is -2.19. The number of nitrogens with zero attached hydrogens (tertiary/aromatic N) is 2. The monoisotopic (exact) mass is 323 g/mol. The number of carbonyl (C=O) groups excluding carboxylic acids is 1. The summed E-state index contributed by atoms with van der Waals surface area (Å²) in [5, 5.41) is 7.40. The number of carbonyl (C=O) groups is 1. The average Bonchev–Trinajstić information content (AvgIpc) is 2.99. The van der Waals surface area contributed by atoms with Crippen LogP contribution in [0.5, 0.6) is 0 Å². The molecule has 122 valence electrons. The predicted octanol–water partition coefficient (Wildman–Crippen LogP) is 4.27. The van der Waals surface area contributed by atoms with Crippen molar-refractivity contribution in [1.82, 2.24) is 9.78 Å². The zero-order chi connectivity index (χ0) is 17.1. The smallest absolute Gasteiger partial charge is 0.228 e. The second-order valence-corrected chi connectivity index (χ2v) is 5.82. The third-order valence-electron chi connectivity index (χ3n) is 3.61. The van der Waals surface area contributed by atoms with E-state index in [1.807, 2.05) is 44.2 Å². The van der Waals surface area contributed by atoms with Crippen molar-refractivity contribution in [3.63, 3.8) is 0 Å². The molecule has 3 rings (SSSR count). The van der Waals surface area contributed by atoms with E-state index in [4.69, 9.17) is 0 Å². The van der Waals surface area contributed by atoms with Gasteiger partial charge in [0, 0.05) is 17.5 Å². The number of amides is 1. The molecule has 1 aromatic heterocycles. The number of hydrogen-bond acceptors (Lipinski definition) is 2.